The summed E-state index contributed by atoms with van der Waals surface area (Å²) < 4.78 is 1.79. The molecular formula is C15H19N3O3. The number of carboxylic acids is 1. The van der Waals surface area contributed by atoms with E-state index >= 15 is 0 Å². The largest absolute Gasteiger partial charge is 0.480 e. The molecule has 0 saturated carbocycles. The Balaban J connectivity index is 2.14. The zero-order valence-electron chi connectivity index (χ0n) is 12.2. The molecule has 0 spiro atoms. The van der Waals surface area contributed by atoms with Gasteiger partial charge < -0.3 is 15.0 Å². The van der Waals surface area contributed by atoms with Gasteiger partial charge in [-0.15, -0.1) is 0 Å². The Labute approximate surface area is 122 Å². The van der Waals surface area contributed by atoms with E-state index in [1.807, 2.05) is 38.1 Å². The van der Waals surface area contributed by atoms with Crippen molar-refractivity contribution in [1.29, 1.82) is 0 Å². The maximum atomic E-state index is 12.1. The van der Waals surface area contributed by atoms with Gasteiger partial charge in [0.25, 0.3) is 0 Å². The molecule has 6 nitrogen and oxygen atoms in total. The number of para-hydroxylation sites is 2. The first kappa shape index (κ1) is 15.0. The molecule has 6 heteroatoms. The summed E-state index contributed by atoms with van der Waals surface area (Å²) in [6, 6.07) is 6.71. The zero-order chi connectivity index (χ0) is 15.4. The molecule has 2 N–H and O–H groups in total. The molecule has 0 radical (unpaired) electrons. The number of carbonyl (C=O) groups is 2. The van der Waals surface area contributed by atoms with E-state index < -0.39 is 12.0 Å². The molecule has 112 valence electrons. The average Bonchev–Trinajstić information content (AvgIpc) is 2.75. The number of aromatic nitrogens is 2. The third-order valence-corrected chi connectivity index (χ3v) is 3.36. The van der Waals surface area contributed by atoms with E-state index in [0.29, 0.717) is 12.8 Å². The first-order valence-electron chi connectivity index (χ1n) is 6.97. The molecule has 0 aliphatic heterocycles. The summed E-state index contributed by atoms with van der Waals surface area (Å²) >= 11 is 0. The standard InChI is InChI=1S/C15H19N3O3/c1-3-6-12(15(20)21)17-14(19)9-18-10(2)16-11-7-4-5-8-13(11)18/h4-5,7-8,12H,3,6,9H2,1-2H3,(H,17,19)(H,20,21). The Bertz CT molecular complexity index is 663. The number of imidazole rings is 1. The van der Waals surface area contributed by atoms with E-state index in [1.54, 1.807) is 4.57 Å². The second-order valence-electron chi connectivity index (χ2n) is 4.98. The van der Waals surface area contributed by atoms with Crippen molar-refractivity contribution in [3.63, 3.8) is 0 Å². The summed E-state index contributed by atoms with van der Waals surface area (Å²) in [6.07, 6.45) is 1.12. The fraction of sp³-hybridized carbons (Fsp3) is 0.400. The summed E-state index contributed by atoms with van der Waals surface area (Å²) in [5.41, 5.74) is 1.69. The molecule has 0 fully saturated rings. The van der Waals surface area contributed by atoms with Gasteiger partial charge in [0.2, 0.25) is 5.91 Å². The number of rotatable bonds is 6. The van der Waals surface area contributed by atoms with Crippen LogP contribution in [0, 0.1) is 6.92 Å². The molecule has 0 aliphatic carbocycles. The van der Waals surface area contributed by atoms with Crippen LogP contribution in [-0.2, 0) is 16.1 Å². The minimum atomic E-state index is -1.00. The van der Waals surface area contributed by atoms with Crippen LogP contribution < -0.4 is 5.32 Å². The summed E-state index contributed by atoms with van der Waals surface area (Å²) in [7, 11) is 0. The van der Waals surface area contributed by atoms with Crippen molar-refractivity contribution in [3.05, 3.63) is 30.1 Å². The lowest BCUT2D eigenvalue weighted by atomic mass is 10.1. The van der Waals surface area contributed by atoms with Crippen molar-refractivity contribution in [2.45, 2.75) is 39.3 Å². The Kier molecular flexibility index (Phi) is 4.57. The molecular weight excluding hydrogens is 270 g/mol. The zero-order valence-corrected chi connectivity index (χ0v) is 12.2. The summed E-state index contributed by atoms with van der Waals surface area (Å²) in [5, 5.41) is 11.6. The molecule has 1 heterocycles. The number of carbonyl (C=O) groups excluding carboxylic acids is 1. The number of aryl methyl sites for hydroxylation is 1. The van der Waals surface area contributed by atoms with E-state index in [0.717, 1.165) is 16.9 Å². The van der Waals surface area contributed by atoms with E-state index in [2.05, 4.69) is 10.3 Å². The van der Waals surface area contributed by atoms with Crippen molar-refractivity contribution in [2.75, 3.05) is 0 Å². The second-order valence-corrected chi connectivity index (χ2v) is 4.98. The van der Waals surface area contributed by atoms with Crippen LogP contribution in [0.25, 0.3) is 11.0 Å². The van der Waals surface area contributed by atoms with Gasteiger partial charge in [0.15, 0.2) is 0 Å². The van der Waals surface area contributed by atoms with Crippen LogP contribution >= 0.6 is 0 Å². The Morgan fingerprint density at radius 1 is 1.38 bits per heavy atom. The first-order valence-corrected chi connectivity index (χ1v) is 6.97. The van der Waals surface area contributed by atoms with Crippen LogP contribution in [0.4, 0.5) is 0 Å². The van der Waals surface area contributed by atoms with Crippen molar-refractivity contribution < 1.29 is 14.7 Å². The Morgan fingerprint density at radius 3 is 2.76 bits per heavy atom. The first-order chi connectivity index (χ1) is 10.0. The molecule has 1 unspecified atom stereocenters. The number of fused-ring (bicyclic) bond motifs is 1. The van der Waals surface area contributed by atoms with Crippen molar-refractivity contribution >= 4 is 22.9 Å². The molecule has 0 aliphatic rings. The van der Waals surface area contributed by atoms with Gasteiger partial charge in [0, 0.05) is 0 Å². The number of nitrogens with zero attached hydrogens (tertiary/aromatic N) is 2. The molecule has 1 aromatic carbocycles. The van der Waals surface area contributed by atoms with Crippen LogP contribution in [0.5, 0.6) is 0 Å². The number of hydrogen-bond acceptors (Lipinski definition) is 3. The summed E-state index contributed by atoms with van der Waals surface area (Å²) in [6.45, 7) is 3.78. The minimum absolute atomic E-state index is 0.0693. The van der Waals surface area contributed by atoms with Gasteiger partial charge in [-0.05, 0) is 25.5 Å². The fourth-order valence-electron chi connectivity index (χ4n) is 2.33. The van der Waals surface area contributed by atoms with Gasteiger partial charge in [-0.25, -0.2) is 9.78 Å². The van der Waals surface area contributed by atoms with Gasteiger partial charge in [0.1, 0.15) is 18.4 Å². The van der Waals surface area contributed by atoms with Gasteiger partial charge in [-0.3, -0.25) is 4.79 Å². The number of hydrogen-bond donors (Lipinski definition) is 2. The second kappa shape index (κ2) is 6.39. The van der Waals surface area contributed by atoms with Crippen LogP contribution in [0.3, 0.4) is 0 Å². The molecule has 1 atom stereocenters. The van der Waals surface area contributed by atoms with Crippen LogP contribution in [0.2, 0.25) is 0 Å². The van der Waals surface area contributed by atoms with Gasteiger partial charge in [-0.1, -0.05) is 25.5 Å². The minimum Gasteiger partial charge on any atom is -0.480 e. The summed E-state index contributed by atoms with van der Waals surface area (Å²) in [4.78, 5) is 27.5. The topological polar surface area (TPSA) is 84.2 Å². The molecule has 0 bridgehead atoms. The number of nitrogens with one attached hydrogen (secondary N) is 1. The third-order valence-electron chi connectivity index (χ3n) is 3.36. The molecule has 0 saturated heterocycles. The predicted molar refractivity (Wildman–Crippen MR) is 78.9 cm³/mol. The van der Waals surface area contributed by atoms with Crippen molar-refractivity contribution in [2.24, 2.45) is 0 Å². The lowest BCUT2D eigenvalue weighted by Crippen LogP contribution is -2.42. The highest BCUT2D eigenvalue weighted by Gasteiger charge is 2.19. The fourth-order valence-corrected chi connectivity index (χ4v) is 2.33. The van der Waals surface area contributed by atoms with Gasteiger partial charge in [-0.2, -0.15) is 0 Å². The number of aliphatic carboxylic acids is 1. The third kappa shape index (κ3) is 3.39. The number of carboxylic acid groups (broad SMARTS) is 1. The quantitative estimate of drug-likeness (QED) is 0.848. The van der Waals surface area contributed by atoms with E-state index in [9.17, 15) is 9.59 Å². The van der Waals surface area contributed by atoms with E-state index in [-0.39, 0.29) is 12.5 Å². The highest BCUT2D eigenvalue weighted by molar-refractivity contribution is 5.85. The molecule has 2 rings (SSSR count). The number of benzene rings is 1. The average molecular weight is 289 g/mol. The molecule has 21 heavy (non-hydrogen) atoms. The van der Waals surface area contributed by atoms with Crippen LogP contribution in [0.15, 0.2) is 24.3 Å². The lowest BCUT2D eigenvalue weighted by molar-refractivity contribution is -0.142. The van der Waals surface area contributed by atoms with E-state index in [1.165, 1.54) is 0 Å². The molecule has 2 aromatic rings. The van der Waals surface area contributed by atoms with Crippen LogP contribution in [0.1, 0.15) is 25.6 Å². The normalized spacial score (nSPS) is 12.3. The highest BCUT2D eigenvalue weighted by Crippen LogP contribution is 2.15. The van der Waals surface area contributed by atoms with Crippen molar-refractivity contribution in [1.82, 2.24) is 14.9 Å². The van der Waals surface area contributed by atoms with Gasteiger partial charge >= 0.3 is 5.97 Å². The summed E-state index contributed by atoms with van der Waals surface area (Å²) in [5.74, 6) is -0.590. The smallest absolute Gasteiger partial charge is 0.326 e. The van der Waals surface area contributed by atoms with Crippen molar-refractivity contribution in [3.8, 4) is 0 Å². The SMILES string of the molecule is CCCC(NC(=O)Cn1c(C)nc2ccccc21)C(=O)O. The Morgan fingerprint density at radius 2 is 2.10 bits per heavy atom. The molecule has 1 amide bonds. The molecule has 1 aromatic heterocycles. The highest BCUT2D eigenvalue weighted by atomic mass is 16.4. The number of amides is 1. The monoisotopic (exact) mass is 289 g/mol. The van der Waals surface area contributed by atoms with Gasteiger partial charge in [0.05, 0.1) is 11.0 Å². The maximum absolute atomic E-state index is 12.1. The Hall–Kier alpha value is -2.37. The lowest BCUT2D eigenvalue weighted by Gasteiger charge is -2.14. The van der Waals surface area contributed by atoms with Crippen LogP contribution in [-0.4, -0.2) is 32.6 Å². The predicted octanol–water partition coefficient (Wildman–Crippen LogP) is 1.71. The van der Waals surface area contributed by atoms with E-state index in [4.69, 9.17) is 5.11 Å². The maximum Gasteiger partial charge on any atom is 0.326 e.